The van der Waals surface area contributed by atoms with Gasteiger partial charge in [-0.25, -0.2) is 9.67 Å². The van der Waals surface area contributed by atoms with Crippen LogP contribution in [0, 0.1) is 6.92 Å². The van der Waals surface area contributed by atoms with Gasteiger partial charge in [0.25, 0.3) is 5.91 Å². The first-order chi connectivity index (χ1) is 16.7. The van der Waals surface area contributed by atoms with Crippen LogP contribution in [-0.4, -0.2) is 32.3 Å². The van der Waals surface area contributed by atoms with Crippen LogP contribution in [0.4, 0.5) is 5.13 Å². The summed E-state index contributed by atoms with van der Waals surface area (Å²) in [5, 5.41) is 5.09. The molecule has 3 heterocycles. The van der Waals surface area contributed by atoms with Crippen molar-refractivity contribution in [2.75, 3.05) is 11.5 Å². The van der Waals surface area contributed by atoms with E-state index in [0.717, 1.165) is 27.2 Å². The number of fused-ring (bicyclic) bond motifs is 1. The topological polar surface area (TPSA) is 73.1 Å². The lowest BCUT2D eigenvalue weighted by Gasteiger charge is -2.20. The molecule has 5 rings (SSSR count). The van der Waals surface area contributed by atoms with Gasteiger partial charge in [-0.1, -0.05) is 41.7 Å². The van der Waals surface area contributed by atoms with E-state index in [0.29, 0.717) is 29.6 Å². The van der Waals surface area contributed by atoms with Crippen molar-refractivity contribution in [3.8, 4) is 11.4 Å². The van der Waals surface area contributed by atoms with Gasteiger partial charge in [0.1, 0.15) is 11.3 Å². The lowest BCUT2D eigenvalue weighted by Crippen LogP contribution is -2.30. The summed E-state index contributed by atoms with van der Waals surface area (Å²) in [4.78, 5) is 24.6. The molecule has 0 fully saturated rings. The summed E-state index contributed by atoms with van der Waals surface area (Å²) in [5.41, 5.74) is 3.86. The van der Waals surface area contributed by atoms with Gasteiger partial charge in [0, 0.05) is 12.4 Å². The quantitative estimate of drug-likeness (QED) is 0.318. The molecule has 0 saturated carbocycles. The Bertz CT molecular complexity index is 1430. The van der Waals surface area contributed by atoms with Crippen molar-refractivity contribution < 1.29 is 9.53 Å². The molecule has 0 saturated heterocycles. The van der Waals surface area contributed by atoms with E-state index in [1.165, 1.54) is 11.3 Å². The molecular formula is C26H23N5O2S. The minimum atomic E-state index is -0.166. The Hall–Kier alpha value is -4.04. The van der Waals surface area contributed by atoms with Gasteiger partial charge in [-0.2, -0.15) is 5.10 Å². The van der Waals surface area contributed by atoms with Crippen molar-refractivity contribution in [2.24, 2.45) is 0 Å². The van der Waals surface area contributed by atoms with Gasteiger partial charge in [0.05, 0.1) is 41.0 Å². The molecule has 0 N–H and O–H groups in total. The average molecular weight is 470 g/mol. The third-order valence-electron chi connectivity index (χ3n) is 5.45. The predicted octanol–water partition coefficient (Wildman–Crippen LogP) is 5.43. The largest absolute Gasteiger partial charge is 0.492 e. The van der Waals surface area contributed by atoms with E-state index in [2.05, 4.69) is 10.1 Å². The van der Waals surface area contributed by atoms with Crippen molar-refractivity contribution in [3.63, 3.8) is 0 Å². The SMILES string of the molecule is CCOc1cccc2sc(N(Cc3cccnc3)C(=O)c3cnn(-c4ccccc4)c3C)nc12. The Balaban J connectivity index is 1.57. The fourth-order valence-electron chi connectivity index (χ4n) is 3.79. The molecule has 0 aliphatic heterocycles. The molecule has 8 heteroatoms. The number of thiazole rings is 1. The van der Waals surface area contributed by atoms with Crippen molar-refractivity contribution in [3.05, 3.63) is 96.1 Å². The second-order valence-corrected chi connectivity index (χ2v) is 8.69. The highest BCUT2D eigenvalue weighted by Crippen LogP contribution is 2.35. The van der Waals surface area contributed by atoms with Crippen LogP contribution in [0.25, 0.3) is 15.9 Å². The summed E-state index contributed by atoms with van der Waals surface area (Å²) >= 11 is 1.46. The maximum Gasteiger partial charge on any atom is 0.263 e. The zero-order valence-electron chi connectivity index (χ0n) is 18.9. The molecule has 0 aliphatic rings. The molecule has 0 spiro atoms. The molecule has 7 nitrogen and oxygen atoms in total. The minimum Gasteiger partial charge on any atom is -0.492 e. The Morgan fingerprint density at radius 1 is 1.06 bits per heavy atom. The lowest BCUT2D eigenvalue weighted by molar-refractivity contribution is 0.0984. The number of hydrogen-bond acceptors (Lipinski definition) is 6. The summed E-state index contributed by atoms with van der Waals surface area (Å²) in [6.45, 7) is 4.73. The van der Waals surface area contributed by atoms with E-state index in [4.69, 9.17) is 9.72 Å². The van der Waals surface area contributed by atoms with E-state index in [1.54, 1.807) is 28.2 Å². The molecule has 3 aromatic heterocycles. The predicted molar refractivity (Wildman–Crippen MR) is 134 cm³/mol. The Morgan fingerprint density at radius 2 is 1.91 bits per heavy atom. The number of aromatic nitrogens is 4. The van der Waals surface area contributed by atoms with Gasteiger partial charge >= 0.3 is 0 Å². The van der Waals surface area contributed by atoms with Gasteiger partial charge in [-0.15, -0.1) is 0 Å². The zero-order valence-corrected chi connectivity index (χ0v) is 19.7. The number of rotatable bonds is 7. The van der Waals surface area contributed by atoms with Gasteiger partial charge in [0.15, 0.2) is 5.13 Å². The van der Waals surface area contributed by atoms with Crippen LogP contribution in [0.2, 0.25) is 0 Å². The van der Waals surface area contributed by atoms with Crippen LogP contribution in [0.1, 0.15) is 28.5 Å². The van der Waals surface area contributed by atoms with Crippen LogP contribution in [-0.2, 0) is 6.54 Å². The number of anilines is 1. The maximum absolute atomic E-state index is 13.9. The van der Waals surface area contributed by atoms with Crippen LogP contribution >= 0.6 is 11.3 Å². The van der Waals surface area contributed by atoms with E-state index >= 15 is 0 Å². The second kappa shape index (κ2) is 9.44. The third-order valence-corrected chi connectivity index (χ3v) is 6.49. The number of carbonyl (C=O) groups excluding carboxylic acids is 1. The first-order valence-electron chi connectivity index (χ1n) is 11.0. The first-order valence-corrected chi connectivity index (χ1v) is 11.8. The molecule has 0 atom stereocenters. The highest BCUT2D eigenvalue weighted by atomic mass is 32.1. The summed E-state index contributed by atoms with van der Waals surface area (Å²) in [6, 6.07) is 19.4. The Labute approximate surface area is 201 Å². The molecule has 2 aromatic carbocycles. The minimum absolute atomic E-state index is 0.166. The second-order valence-electron chi connectivity index (χ2n) is 7.68. The normalized spacial score (nSPS) is 11.0. The van der Waals surface area contributed by atoms with Crippen molar-refractivity contribution >= 4 is 32.6 Å². The fraction of sp³-hybridized carbons (Fsp3) is 0.154. The average Bonchev–Trinajstić information content (AvgIpc) is 3.48. The molecule has 0 radical (unpaired) electrons. The van der Waals surface area contributed by atoms with Gasteiger partial charge in [0.2, 0.25) is 0 Å². The number of amides is 1. The molecule has 0 aliphatic carbocycles. The smallest absolute Gasteiger partial charge is 0.263 e. The summed E-state index contributed by atoms with van der Waals surface area (Å²) in [6.07, 6.45) is 5.11. The van der Waals surface area contributed by atoms with Crippen LogP contribution in [0.15, 0.2) is 79.3 Å². The summed E-state index contributed by atoms with van der Waals surface area (Å²) in [5.74, 6) is 0.546. The number of hydrogen-bond donors (Lipinski definition) is 0. The maximum atomic E-state index is 13.9. The molecular weight excluding hydrogens is 446 g/mol. The number of ether oxygens (including phenoxy) is 1. The van der Waals surface area contributed by atoms with E-state index in [1.807, 2.05) is 74.5 Å². The number of para-hydroxylation sites is 2. The molecule has 34 heavy (non-hydrogen) atoms. The van der Waals surface area contributed by atoms with Gasteiger partial charge < -0.3 is 4.74 Å². The molecule has 0 unspecified atom stereocenters. The van der Waals surface area contributed by atoms with Crippen molar-refractivity contribution in [2.45, 2.75) is 20.4 Å². The summed E-state index contributed by atoms with van der Waals surface area (Å²) < 4.78 is 8.50. The van der Waals surface area contributed by atoms with Crippen LogP contribution < -0.4 is 9.64 Å². The Morgan fingerprint density at radius 3 is 2.68 bits per heavy atom. The lowest BCUT2D eigenvalue weighted by atomic mass is 10.2. The first kappa shape index (κ1) is 21.8. The number of nitrogens with zero attached hydrogens (tertiary/aromatic N) is 5. The van der Waals surface area contributed by atoms with Crippen LogP contribution in [0.5, 0.6) is 5.75 Å². The monoisotopic (exact) mass is 469 g/mol. The zero-order chi connectivity index (χ0) is 23.5. The molecule has 0 bridgehead atoms. The van der Waals surface area contributed by atoms with Gasteiger partial charge in [-0.3, -0.25) is 14.7 Å². The Kier molecular flexibility index (Phi) is 6.05. The number of carbonyl (C=O) groups is 1. The third kappa shape index (κ3) is 4.15. The number of benzene rings is 2. The van der Waals surface area contributed by atoms with Gasteiger partial charge in [-0.05, 0) is 49.7 Å². The van der Waals surface area contributed by atoms with E-state index in [-0.39, 0.29) is 5.91 Å². The molecule has 170 valence electrons. The summed E-state index contributed by atoms with van der Waals surface area (Å²) in [7, 11) is 0. The highest BCUT2D eigenvalue weighted by Gasteiger charge is 2.26. The van der Waals surface area contributed by atoms with Crippen molar-refractivity contribution in [1.29, 1.82) is 0 Å². The van der Waals surface area contributed by atoms with Crippen LogP contribution in [0.3, 0.4) is 0 Å². The highest BCUT2D eigenvalue weighted by molar-refractivity contribution is 7.22. The standard InChI is InChI=1S/C26H23N5O2S/c1-3-33-22-12-7-13-23-24(22)29-26(34-23)30(17-19-9-8-14-27-15-19)25(32)21-16-28-31(18(21)2)20-10-5-4-6-11-20/h4-16H,3,17H2,1-2H3. The molecule has 1 amide bonds. The van der Waals surface area contributed by atoms with Crippen molar-refractivity contribution in [1.82, 2.24) is 19.7 Å². The van der Waals surface area contributed by atoms with E-state index in [9.17, 15) is 4.79 Å². The number of pyridine rings is 1. The fourth-order valence-corrected chi connectivity index (χ4v) is 4.77. The molecule has 5 aromatic rings. The van der Waals surface area contributed by atoms with E-state index < -0.39 is 0 Å².